The molecule has 0 aromatic rings. The molecule has 0 unspecified atom stereocenters. The summed E-state index contributed by atoms with van der Waals surface area (Å²) >= 11 is 0. The third-order valence-electron chi connectivity index (χ3n) is 2.19. The van der Waals surface area contributed by atoms with Crippen LogP contribution in [0.3, 0.4) is 0 Å². The average Bonchev–Trinajstić information content (AvgIpc) is 2.82. The highest BCUT2D eigenvalue weighted by Crippen LogP contribution is 2.08. The van der Waals surface area contributed by atoms with E-state index in [1.165, 1.54) is 14.2 Å². The average molecular weight is 229 g/mol. The first-order valence-electron chi connectivity index (χ1n) is 4.99. The van der Waals surface area contributed by atoms with Crippen molar-refractivity contribution in [3.8, 4) is 0 Å². The standard InChI is InChI=1S/C9H15N3O4/c1-10-9(14)16-11-7(15-2)8(13)12-5-3-4-6-12/h3-6H2,1-2H3,(H,10,14)/b11-7-. The van der Waals surface area contributed by atoms with Gasteiger partial charge in [0.15, 0.2) is 0 Å². The van der Waals surface area contributed by atoms with Crippen molar-refractivity contribution in [2.75, 3.05) is 27.2 Å². The first-order chi connectivity index (χ1) is 7.69. The maximum absolute atomic E-state index is 11.7. The molecule has 1 aliphatic heterocycles. The Morgan fingerprint density at radius 1 is 1.31 bits per heavy atom. The van der Waals surface area contributed by atoms with E-state index < -0.39 is 6.09 Å². The van der Waals surface area contributed by atoms with Crippen molar-refractivity contribution < 1.29 is 19.2 Å². The van der Waals surface area contributed by atoms with Crippen LogP contribution in [-0.2, 0) is 14.4 Å². The van der Waals surface area contributed by atoms with Crippen molar-refractivity contribution >= 4 is 17.9 Å². The number of rotatable bonds is 1. The zero-order valence-corrected chi connectivity index (χ0v) is 9.36. The van der Waals surface area contributed by atoms with E-state index in [0.29, 0.717) is 13.1 Å². The summed E-state index contributed by atoms with van der Waals surface area (Å²) in [7, 11) is 2.70. The Kier molecular flexibility index (Phi) is 4.56. The summed E-state index contributed by atoms with van der Waals surface area (Å²) in [5.41, 5.74) is 0. The van der Waals surface area contributed by atoms with Crippen LogP contribution in [0.25, 0.3) is 0 Å². The van der Waals surface area contributed by atoms with E-state index in [0.717, 1.165) is 12.8 Å². The van der Waals surface area contributed by atoms with Gasteiger partial charge in [-0.15, -0.1) is 0 Å². The number of carbonyl (C=O) groups excluding carboxylic acids is 2. The van der Waals surface area contributed by atoms with Crippen molar-refractivity contribution in [2.45, 2.75) is 12.8 Å². The number of oxime groups is 1. The summed E-state index contributed by atoms with van der Waals surface area (Å²) in [5.74, 6) is -0.575. The number of nitrogens with one attached hydrogen (secondary N) is 1. The van der Waals surface area contributed by atoms with E-state index >= 15 is 0 Å². The van der Waals surface area contributed by atoms with Crippen LogP contribution in [0.4, 0.5) is 4.79 Å². The van der Waals surface area contributed by atoms with Gasteiger partial charge in [-0.25, -0.2) is 4.79 Å². The summed E-state index contributed by atoms with van der Waals surface area (Å²) in [5, 5.41) is 5.55. The molecule has 16 heavy (non-hydrogen) atoms. The maximum atomic E-state index is 11.7. The zero-order valence-electron chi connectivity index (χ0n) is 9.36. The summed E-state index contributed by atoms with van der Waals surface area (Å²) < 4.78 is 4.77. The van der Waals surface area contributed by atoms with E-state index in [1.54, 1.807) is 4.90 Å². The highest BCUT2D eigenvalue weighted by molar-refractivity contribution is 6.35. The van der Waals surface area contributed by atoms with Crippen LogP contribution in [0.5, 0.6) is 0 Å². The fourth-order valence-corrected chi connectivity index (χ4v) is 1.35. The predicted molar refractivity (Wildman–Crippen MR) is 55.8 cm³/mol. The van der Waals surface area contributed by atoms with E-state index in [9.17, 15) is 9.59 Å². The number of nitrogens with zero attached hydrogens (tertiary/aromatic N) is 2. The van der Waals surface area contributed by atoms with Crippen LogP contribution in [0.2, 0.25) is 0 Å². The summed E-state index contributed by atoms with van der Waals surface area (Å²) in [4.78, 5) is 28.5. The number of ether oxygens (including phenoxy) is 1. The molecule has 1 N–H and O–H groups in total. The van der Waals surface area contributed by atoms with E-state index in [1.807, 2.05) is 0 Å². The SMILES string of the molecule is CNC(=O)O/N=C(\OC)C(=O)N1CCCC1. The minimum Gasteiger partial charge on any atom is -0.475 e. The molecule has 0 spiro atoms. The lowest BCUT2D eigenvalue weighted by molar-refractivity contribution is -0.124. The second-order valence-electron chi connectivity index (χ2n) is 3.23. The lowest BCUT2D eigenvalue weighted by atomic mass is 10.4. The first kappa shape index (κ1) is 12.3. The molecule has 1 fully saturated rings. The molecule has 0 bridgehead atoms. The molecular formula is C9H15N3O4. The highest BCUT2D eigenvalue weighted by atomic mass is 16.7. The molecule has 0 radical (unpaired) electrons. The molecule has 0 atom stereocenters. The fourth-order valence-electron chi connectivity index (χ4n) is 1.35. The van der Waals surface area contributed by atoms with Gasteiger partial charge in [0.25, 0.3) is 0 Å². The van der Waals surface area contributed by atoms with Crippen LogP contribution in [-0.4, -0.2) is 50.0 Å². The third-order valence-corrected chi connectivity index (χ3v) is 2.19. The summed E-state index contributed by atoms with van der Waals surface area (Å²) in [6.45, 7) is 1.36. The van der Waals surface area contributed by atoms with Crippen molar-refractivity contribution in [1.82, 2.24) is 10.2 Å². The molecule has 1 heterocycles. The monoisotopic (exact) mass is 229 g/mol. The molecule has 90 valence electrons. The molecule has 7 nitrogen and oxygen atoms in total. The van der Waals surface area contributed by atoms with Gasteiger partial charge in [0.05, 0.1) is 7.11 Å². The molecule has 0 aromatic heterocycles. The van der Waals surface area contributed by atoms with Gasteiger partial charge in [-0.1, -0.05) is 0 Å². The fraction of sp³-hybridized carbons (Fsp3) is 0.667. The number of carbonyl (C=O) groups is 2. The van der Waals surface area contributed by atoms with E-state index in [4.69, 9.17) is 4.74 Å². The minimum absolute atomic E-state index is 0.217. The summed E-state index contributed by atoms with van der Waals surface area (Å²) in [6.07, 6.45) is 1.20. The maximum Gasteiger partial charge on any atom is 0.433 e. The van der Waals surface area contributed by atoms with Crippen molar-refractivity contribution in [3.63, 3.8) is 0 Å². The minimum atomic E-state index is -0.747. The lowest BCUT2D eigenvalue weighted by Crippen LogP contribution is -2.35. The normalized spacial score (nSPS) is 15.9. The summed E-state index contributed by atoms with van der Waals surface area (Å²) in [6, 6.07) is 0. The van der Waals surface area contributed by atoms with Gasteiger partial charge < -0.3 is 15.0 Å². The Morgan fingerprint density at radius 3 is 2.44 bits per heavy atom. The Labute approximate surface area is 93.4 Å². The largest absolute Gasteiger partial charge is 0.475 e. The molecule has 0 aromatic carbocycles. The molecule has 7 heteroatoms. The predicted octanol–water partition coefficient (Wildman–Crippen LogP) is -0.0753. The number of likely N-dealkylation sites (tertiary alicyclic amines) is 1. The Hall–Kier alpha value is -1.79. The van der Waals surface area contributed by atoms with Crippen molar-refractivity contribution in [2.24, 2.45) is 5.16 Å². The molecule has 0 aliphatic carbocycles. The zero-order chi connectivity index (χ0) is 12.0. The quantitative estimate of drug-likeness (QED) is 0.295. The Balaban J connectivity index is 2.58. The number of methoxy groups -OCH3 is 1. The first-order valence-corrected chi connectivity index (χ1v) is 4.99. The van der Waals surface area contributed by atoms with Crippen LogP contribution in [0.15, 0.2) is 5.16 Å². The van der Waals surface area contributed by atoms with Crippen LogP contribution >= 0.6 is 0 Å². The molecule has 1 saturated heterocycles. The van der Waals surface area contributed by atoms with E-state index in [-0.39, 0.29) is 11.8 Å². The van der Waals surface area contributed by atoms with Crippen LogP contribution in [0.1, 0.15) is 12.8 Å². The van der Waals surface area contributed by atoms with Gasteiger partial charge >= 0.3 is 17.9 Å². The van der Waals surface area contributed by atoms with Crippen LogP contribution in [0, 0.1) is 0 Å². The smallest absolute Gasteiger partial charge is 0.433 e. The van der Waals surface area contributed by atoms with Gasteiger partial charge in [0.1, 0.15) is 0 Å². The third kappa shape index (κ3) is 3.11. The second kappa shape index (κ2) is 5.94. The van der Waals surface area contributed by atoms with Gasteiger partial charge in [-0.05, 0) is 18.0 Å². The van der Waals surface area contributed by atoms with Crippen molar-refractivity contribution in [1.29, 1.82) is 0 Å². The second-order valence-corrected chi connectivity index (χ2v) is 3.23. The Bertz CT molecular complexity index is 297. The van der Waals surface area contributed by atoms with Crippen molar-refractivity contribution in [3.05, 3.63) is 0 Å². The van der Waals surface area contributed by atoms with Gasteiger partial charge in [0, 0.05) is 20.1 Å². The molecule has 2 amide bonds. The molecule has 0 saturated carbocycles. The molecule has 1 aliphatic rings. The van der Waals surface area contributed by atoms with E-state index in [2.05, 4.69) is 15.3 Å². The topological polar surface area (TPSA) is 80.2 Å². The highest BCUT2D eigenvalue weighted by Gasteiger charge is 2.24. The number of amides is 2. The Morgan fingerprint density at radius 2 is 1.94 bits per heavy atom. The molecule has 1 rings (SSSR count). The number of hydrogen-bond acceptors (Lipinski definition) is 5. The van der Waals surface area contributed by atoms with Crippen LogP contribution < -0.4 is 5.32 Å². The van der Waals surface area contributed by atoms with Gasteiger partial charge in [-0.2, -0.15) is 0 Å². The number of hydrogen-bond donors (Lipinski definition) is 1. The van der Waals surface area contributed by atoms with Gasteiger partial charge in [-0.3, -0.25) is 9.63 Å². The lowest BCUT2D eigenvalue weighted by Gasteiger charge is -2.14. The van der Waals surface area contributed by atoms with Gasteiger partial charge in [0.2, 0.25) is 0 Å². The molecular weight excluding hydrogens is 214 g/mol.